The van der Waals surface area contributed by atoms with E-state index in [0.717, 1.165) is 16.9 Å². The van der Waals surface area contributed by atoms with Crippen molar-refractivity contribution in [1.29, 1.82) is 0 Å². The first kappa shape index (κ1) is 17.7. The molecule has 7 heteroatoms. The Morgan fingerprint density at radius 3 is 2.43 bits per heavy atom. The third-order valence-electron chi connectivity index (χ3n) is 4.19. The van der Waals surface area contributed by atoms with Gasteiger partial charge >= 0.3 is 0 Å². The van der Waals surface area contributed by atoms with Crippen LogP contribution in [0.2, 0.25) is 0 Å². The molecule has 2 rings (SSSR count). The molecular formula is C16H24N2O4S. The molecule has 0 aliphatic carbocycles. The molecule has 1 fully saturated rings. The topological polar surface area (TPSA) is 66.9 Å². The molecule has 0 aromatic heterocycles. The number of piperazine rings is 1. The minimum absolute atomic E-state index is 0.00320. The normalized spacial score (nSPS) is 16.4. The fourth-order valence-corrected chi connectivity index (χ4v) is 3.38. The molecule has 1 aliphatic heterocycles. The quantitative estimate of drug-likeness (QED) is 0.807. The van der Waals surface area contributed by atoms with Crippen molar-refractivity contribution in [2.45, 2.75) is 20.3 Å². The summed E-state index contributed by atoms with van der Waals surface area (Å²) in [5.41, 5.74) is 2.24. The molecule has 1 aromatic rings. The molecule has 0 unspecified atom stereocenters. The summed E-state index contributed by atoms with van der Waals surface area (Å²) in [5, 5.41) is 0. The fraction of sp³-hybridized carbons (Fsp3) is 0.562. The first-order valence-corrected chi connectivity index (χ1v) is 9.56. The van der Waals surface area contributed by atoms with Gasteiger partial charge < -0.3 is 9.64 Å². The molecule has 1 heterocycles. The third kappa shape index (κ3) is 4.68. The SMILES string of the molecule is Cc1cccc(OCCC(=O)N2CCN(S(C)(=O)=O)CC2)c1C. The number of ether oxygens (including phenoxy) is 1. The van der Waals surface area contributed by atoms with E-state index in [1.807, 2.05) is 32.0 Å². The number of rotatable bonds is 5. The van der Waals surface area contributed by atoms with Gasteiger partial charge in [-0.3, -0.25) is 4.79 Å². The maximum absolute atomic E-state index is 12.2. The molecule has 0 spiro atoms. The second-order valence-corrected chi connectivity index (χ2v) is 7.82. The lowest BCUT2D eigenvalue weighted by Crippen LogP contribution is -2.50. The van der Waals surface area contributed by atoms with Gasteiger partial charge in [0.05, 0.1) is 19.3 Å². The molecule has 1 aliphatic rings. The molecule has 0 radical (unpaired) electrons. The van der Waals surface area contributed by atoms with Crippen molar-refractivity contribution in [3.8, 4) is 5.75 Å². The van der Waals surface area contributed by atoms with Gasteiger partial charge in [-0.2, -0.15) is 4.31 Å². The highest BCUT2D eigenvalue weighted by molar-refractivity contribution is 7.88. The van der Waals surface area contributed by atoms with Crippen molar-refractivity contribution in [3.63, 3.8) is 0 Å². The highest BCUT2D eigenvalue weighted by Gasteiger charge is 2.25. The van der Waals surface area contributed by atoms with Crippen molar-refractivity contribution < 1.29 is 17.9 Å². The predicted octanol–water partition coefficient (Wildman–Crippen LogP) is 1.18. The minimum atomic E-state index is -3.17. The summed E-state index contributed by atoms with van der Waals surface area (Å²) in [7, 11) is -3.17. The second-order valence-electron chi connectivity index (χ2n) is 5.84. The third-order valence-corrected chi connectivity index (χ3v) is 5.49. The lowest BCUT2D eigenvalue weighted by atomic mass is 10.1. The number of aryl methyl sites for hydroxylation is 1. The van der Waals surface area contributed by atoms with E-state index in [9.17, 15) is 13.2 Å². The largest absolute Gasteiger partial charge is 0.493 e. The summed E-state index contributed by atoms with van der Waals surface area (Å²) in [6.45, 7) is 5.95. The van der Waals surface area contributed by atoms with Crippen LogP contribution in [0.3, 0.4) is 0 Å². The first-order valence-electron chi connectivity index (χ1n) is 7.71. The zero-order valence-corrected chi connectivity index (χ0v) is 14.7. The molecule has 0 saturated carbocycles. The van der Waals surface area contributed by atoms with Gasteiger partial charge in [-0.1, -0.05) is 12.1 Å². The maximum Gasteiger partial charge on any atom is 0.226 e. The Kier molecular flexibility index (Phi) is 5.64. The van der Waals surface area contributed by atoms with Crippen LogP contribution in [0, 0.1) is 13.8 Å². The monoisotopic (exact) mass is 340 g/mol. The van der Waals surface area contributed by atoms with E-state index in [2.05, 4.69) is 0 Å². The van der Waals surface area contributed by atoms with Crippen LogP contribution in [0.15, 0.2) is 18.2 Å². The summed E-state index contributed by atoms with van der Waals surface area (Å²) < 4.78 is 30.0. The summed E-state index contributed by atoms with van der Waals surface area (Å²) in [6.07, 6.45) is 1.49. The van der Waals surface area contributed by atoms with Gasteiger partial charge in [0.25, 0.3) is 0 Å². The summed E-state index contributed by atoms with van der Waals surface area (Å²) in [6, 6.07) is 5.86. The molecular weight excluding hydrogens is 316 g/mol. The maximum atomic E-state index is 12.2. The predicted molar refractivity (Wildman–Crippen MR) is 89.0 cm³/mol. The average molecular weight is 340 g/mol. The Morgan fingerprint density at radius 1 is 1.17 bits per heavy atom. The molecule has 0 N–H and O–H groups in total. The highest BCUT2D eigenvalue weighted by Crippen LogP contribution is 2.20. The van der Waals surface area contributed by atoms with Crippen LogP contribution in [-0.4, -0.2) is 62.6 Å². The number of hydrogen-bond acceptors (Lipinski definition) is 4. The molecule has 0 atom stereocenters. The van der Waals surface area contributed by atoms with Gasteiger partial charge in [0.1, 0.15) is 5.75 Å². The Bertz CT molecular complexity index is 665. The van der Waals surface area contributed by atoms with Crippen molar-refractivity contribution >= 4 is 15.9 Å². The van der Waals surface area contributed by atoms with E-state index < -0.39 is 10.0 Å². The standard InChI is InChI=1S/C16H24N2O4S/c1-13-5-4-6-15(14(13)2)22-12-7-16(19)17-8-10-18(11-9-17)23(3,20)21/h4-6H,7-12H2,1-3H3. The van der Waals surface area contributed by atoms with Gasteiger partial charge in [0.2, 0.25) is 15.9 Å². The number of carbonyl (C=O) groups excluding carboxylic acids is 1. The molecule has 6 nitrogen and oxygen atoms in total. The van der Waals surface area contributed by atoms with Crippen molar-refractivity contribution in [2.75, 3.05) is 39.0 Å². The zero-order valence-electron chi connectivity index (χ0n) is 13.9. The average Bonchev–Trinajstić information content (AvgIpc) is 2.50. The van der Waals surface area contributed by atoms with E-state index in [1.165, 1.54) is 10.6 Å². The summed E-state index contributed by atoms with van der Waals surface area (Å²) in [5.74, 6) is 0.808. The van der Waals surface area contributed by atoms with E-state index >= 15 is 0 Å². The van der Waals surface area contributed by atoms with Crippen molar-refractivity contribution in [1.82, 2.24) is 9.21 Å². The lowest BCUT2D eigenvalue weighted by molar-refractivity contribution is -0.132. The van der Waals surface area contributed by atoms with Gasteiger partial charge in [-0.25, -0.2) is 8.42 Å². The van der Waals surface area contributed by atoms with Gasteiger partial charge in [0.15, 0.2) is 0 Å². The number of amides is 1. The van der Waals surface area contributed by atoms with E-state index in [0.29, 0.717) is 39.2 Å². The molecule has 0 bridgehead atoms. The van der Waals surface area contributed by atoms with Crippen LogP contribution in [0.1, 0.15) is 17.5 Å². The smallest absolute Gasteiger partial charge is 0.226 e. The van der Waals surface area contributed by atoms with Crippen LogP contribution in [0.4, 0.5) is 0 Å². The highest BCUT2D eigenvalue weighted by atomic mass is 32.2. The Morgan fingerprint density at radius 2 is 1.83 bits per heavy atom. The Labute approximate surface area is 138 Å². The van der Waals surface area contributed by atoms with Crippen LogP contribution < -0.4 is 4.74 Å². The molecule has 128 valence electrons. The molecule has 1 amide bonds. The molecule has 1 saturated heterocycles. The van der Waals surface area contributed by atoms with E-state index in [1.54, 1.807) is 4.90 Å². The molecule has 23 heavy (non-hydrogen) atoms. The van der Waals surface area contributed by atoms with Crippen molar-refractivity contribution in [3.05, 3.63) is 29.3 Å². The number of benzene rings is 1. The minimum Gasteiger partial charge on any atom is -0.493 e. The lowest BCUT2D eigenvalue weighted by Gasteiger charge is -2.33. The van der Waals surface area contributed by atoms with Gasteiger partial charge in [0, 0.05) is 26.2 Å². The molecule has 1 aromatic carbocycles. The van der Waals surface area contributed by atoms with Gasteiger partial charge in [-0.15, -0.1) is 0 Å². The van der Waals surface area contributed by atoms with Crippen LogP contribution in [0.5, 0.6) is 5.75 Å². The number of sulfonamides is 1. The Balaban J connectivity index is 1.79. The fourth-order valence-electron chi connectivity index (χ4n) is 2.56. The number of carbonyl (C=O) groups is 1. The second kappa shape index (κ2) is 7.31. The zero-order chi connectivity index (χ0) is 17.0. The van der Waals surface area contributed by atoms with Gasteiger partial charge in [-0.05, 0) is 31.0 Å². The summed E-state index contributed by atoms with van der Waals surface area (Å²) >= 11 is 0. The summed E-state index contributed by atoms with van der Waals surface area (Å²) in [4.78, 5) is 13.9. The Hall–Kier alpha value is -1.60. The van der Waals surface area contributed by atoms with E-state index in [4.69, 9.17) is 4.74 Å². The van der Waals surface area contributed by atoms with Crippen LogP contribution >= 0.6 is 0 Å². The van der Waals surface area contributed by atoms with E-state index in [-0.39, 0.29) is 5.91 Å². The van der Waals surface area contributed by atoms with Crippen LogP contribution in [0.25, 0.3) is 0 Å². The van der Waals surface area contributed by atoms with Crippen molar-refractivity contribution in [2.24, 2.45) is 0 Å². The number of hydrogen-bond donors (Lipinski definition) is 0. The first-order chi connectivity index (χ1) is 10.8. The van der Waals surface area contributed by atoms with Crippen LogP contribution in [-0.2, 0) is 14.8 Å². The number of nitrogens with zero attached hydrogens (tertiary/aromatic N) is 2.